The van der Waals surface area contributed by atoms with Gasteiger partial charge in [-0.2, -0.15) is 4.31 Å². The van der Waals surface area contributed by atoms with Crippen LogP contribution in [0.3, 0.4) is 0 Å². The van der Waals surface area contributed by atoms with Crippen LogP contribution < -0.4 is 0 Å². The quantitative estimate of drug-likeness (QED) is 0.873. The molecule has 0 saturated carbocycles. The van der Waals surface area contributed by atoms with Crippen LogP contribution in [0.2, 0.25) is 0 Å². The van der Waals surface area contributed by atoms with Crippen molar-refractivity contribution in [2.45, 2.75) is 37.6 Å². The van der Waals surface area contributed by atoms with Crippen molar-refractivity contribution in [2.75, 3.05) is 6.54 Å². The second-order valence-corrected chi connectivity index (χ2v) is 7.68. The van der Waals surface area contributed by atoms with Crippen LogP contribution in [0.1, 0.15) is 35.7 Å². The molecule has 1 aromatic carbocycles. The lowest BCUT2D eigenvalue weighted by Gasteiger charge is -2.24. The Hall–Kier alpha value is -1.72. The molecule has 4 nitrogen and oxygen atoms in total. The number of rotatable bonds is 3. The molecule has 3 rings (SSSR count). The predicted octanol–water partition coefficient (Wildman–Crippen LogP) is 3.22. The molecule has 5 heteroatoms. The number of nitrogens with zero attached hydrogens (tertiary/aromatic N) is 2. The van der Waals surface area contributed by atoms with Gasteiger partial charge in [-0.15, -0.1) is 0 Å². The van der Waals surface area contributed by atoms with E-state index in [2.05, 4.69) is 4.98 Å². The Kier molecular flexibility index (Phi) is 4.02. The normalized spacial score (nSPS) is 19.5. The lowest BCUT2D eigenvalue weighted by Crippen LogP contribution is -2.31. The summed E-state index contributed by atoms with van der Waals surface area (Å²) in [7, 11) is -3.48. The van der Waals surface area contributed by atoms with E-state index in [-0.39, 0.29) is 6.04 Å². The van der Waals surface area contributed by atoms with Crippen LogP contribution in [-0.2, 0) is 10.0 Å². The Balaban J connectivity index is 1.99. The molecule has 1 fully saturated rings. The van der Waals surface area contributed by atoms with Gasteiger partial charge in [-0.3, -0.25) is 4.98 Å². The Morgan fingerprint density at radius 2 is 1.86 bits per heavy atom. The van der Waals surface area contributed by atoms with E-state index in [1.165, 1.54) is 0 Å². The van der Waals surface area contributed by atoms with Gasteiger partial charge in [0.05, 0.1) is 16.6 Å². The standard InChI is InChI=1S/C17H20N2O2S/c1-13-7-9-15(10-8-13)22(20,21)19-12-4-6-16(19)17-14(2)5-3-11-18-17/h3,5,7-11,16H,4,6,12H2,1-2H3. The zero-order valence-corrected chi connectivity index (χ0v) is 13.7. The first-order chi connectivity index (χ1) is 10.5. The van der Waals surface area contributed by atoms with Crippen molar-refractivity contribution in [2.24, 2.45) is 0 Å². The fourth-order valence-electron chi connectivity index (χ4n) is 2.99. The van der Waals surface area contributed by atoms with Crippen LogP contribution in [0, 0.1) is 13.8 Å². The molecular weight excluding hydrogens is 296 g/mol. The summed E-state index contributed by atoms with van der Waals surface area (Å²) in [6.45, 7) is 4.49. The first-order valence-corrected chi connectivity index (χ1v) is 8.94. The molecule has 1 aliphatic rings. The maximum atomic E-state index is 12.9. The van der Waals surface area contributed by atoms with Crippen molar-refractivity contribution in [1.82, 2.24) is 9.29 Å². The summed E-state index contributed by atoms with van der Waals surface area (Å²) in [5.41, 5.74) is 2.96. The molecule has 0 radical (unpaired) electrons. The van der Waals surface area contributed by atoms with Crippen LogP contribution >= 0.6 is 0 Å². The predicted molar refractivity (Wildman–Crippen MR) is 86.0 cm³/mol. The van der Waals surface area contributed by atoms with Gasteiger partial charge in [0.1, 0.15) is 0 Å². The average Bonchev–Trinajstić information content (AvgIpc) is 2.98. The summed E-state index contributed by atoms with van der Waals surface area (Å²) in [4.78, 5) is 4.79. The van der Waals surface area contributed by atoms with Gasteiger partial charge in [-0.1, -0.05) is 23.8 Å². The van der Waals surface area contributed by atoms with Crippen LogP contribution in [0.5, 0.6) is 0 Å². The van der Waals surface area contributed by atoms with Crippen molar-refractivity contribution in [3.8, 4) is 0 Å². The minimum Gasteiger partial charge on any atom is -0.259 e. The molecule has 2 aromatic rings. The van der Waals surface area contributed by atoms with E-state index in [0.29, 0.717) is 11.4 Å². The zero-order chi connectivity index (χ0) is 15.7. The van der Waals surface area contributed by atoms with Crippen LogP contribution in [-0.4, -0.2) is 24.3 Å². The smallest absolute Gasteiger partial charge is 0.243 e. The Morgan fingerprint density at radius 3 is 2.55 bits per heavy atom. The van der Waals surface area contributed by atoms with Gasteiger partial charge < -0.3 is 0 Å². The molecule has 1 atom stereocenters. The van der Waals surface area contributed by atoms with Crippen LogP contribution in [0.25, 0.3) is 0 Å². The third-order valence-corrected chi connectivity index (χ3v) is 6.12. The second-order valence-electron chi connectivity index (χ2n) is 5.79. The molecule has 22 heavy (non-hydrogen) atoms. The molecule has 0 amide bonds. The molecule has 1 saturated heterocycles. The summed E-state index contributed by atoms with van der Waals surface area (Å²) >= 11 is 0. The van der Waals surface area contributed by atoms with Gasteiger partial charge >= 0.3 is 0 Å². The molecule has 2 heterocycles. The first-order valence-electron chi connectivity index (χ1n) is 7.50. The van der Waals surface area contributed by atoms with E-state index in [4.69, 9.17) is 0 Å². The number of aryl methyl sites for hydroxylation is 2. The first kappa shape index (κ1) is 15.2. The van der Waals surface area contributed by atoms with Crippen LogP contribution in [0.15, 0.2) is 47.5 Å². The van der Waals surface area contributed by atoms with Gasteiger partial charge in [-0.25, -0.2) is 8.42 Å². The van der Waals surface area contributed by atoms with E-state index in [1.54, 1.807) is 22.6 Å². The SMILES string of the molecule is Cc1ccc(S(=O)(=O)N2CCCC2c2ncccc2C)cc1. The van der Waals surface area contributed by atoms with E-state index in [0.717, 1.165) is 29.7 Å². The molecule has 0 N–H and O–H groups in total. The lowest BCUT2D eigenvalue weighted by molar-refractivity contribution is 0.389. The number of hydrogen-bond donors (Lipinski definition) is 0. The molecule has 1 aromatic heterocycles. The molecule has 1 unspecified atom stereocenters. The largest absolute Gasteiger partial charge is 0.259 e. The highest BCUT2D eigenvalue weighted by atomic mass is 32.2. The Labute approximate surface area is 131 Å². The Morgan fingerprint density at radius 1 is 1.14 bits per heavy atom. The van der Waals surface area contributed by atoms with Crippen molar-refractivity contribution < 1.29 is 8.42 Å². The van der Waals surface area contributed by atoms with E-state index in [1.807, 2.05) is 38.1 Å². The number of hydrogen-bond acceptors (Lipinski definition) is 3. The topological polar surface area (TPSA) is 50.3 Å². The maximum Gasteiger partial charge on any atom is 0.243 e. The second kappa shape index (κ2) is 5.82. The third kappa shape index (κ3) is 2.66. The van der Waals surface area contributed by atoms with Crippen LogP contribution in [0.4, 0.5) is 0 Å². The minimum atomic E-state index is -3.48. The lowest BCUT2D eigenvalue weighted by atomic mass is 10.1. The van der Waals surface area contributed by atoms with Gasteiger partial charge in [0.2, 0.25) is 10.0 Å². The molecule has 116 valence electrons. The number of benzene rings is 1. The summed E-state index contributed by atoms with van der Waals surface area (Å²) in [6, 6.07) is 10.8. The number of aromatic nitrogens is 1. The highest BCUT2D eigenvalue weighted by Gasteiger charge is 2.37. The highest BCUT2D eigenvalue weighted by Crippen LogP contribution is 2.36. The summed E-state index contributed by atoms with van der Waals surface area (Å²) in [5, 5.41) is 0. The molecule has 1 aliphatic heterocycles. The third-order valence-electron chi connectivity index (χ3n) is 4.20. The summed E-state index contributed by atoms with van der Waals surface area (Å²) in [5.74, 6) is 0. The van der Waals surface area contributed by atoms with Gasteiger partial charge in [0.15, 0.2) is 0 Å². The fourth-order valence-corrected chi connectivity index (χ4v) is 4.65. The number of sulfonamides is 1. The average molecular weight is 316 g/mol. The van der Waals surface area contributed by atoms with Crippen molar-refractivity contribution >= 4 is 10.0 Å². The van der Waals surface area contributed by atoms with E-state index in [9.17, 15) is 8.42 Å². The molecule has 0 spiro atoms. The van der Waals surface area contributed by atoms with Gasteiger partial charge in [0.25, 0.3) is 0 Å². The maximum absolute atomic E-state index is 12.9. The molecule has 0 bridgehead atoms. The van der Waals surface area contributed by atoms with Crippen molar-refractivity contribution in [1.29, 1.82) is 0 Å². The van der Waals surface area contributed by atoms with E-state index >= 15 is 0 Å². The molecule has 0 aliphatic carbocycles. The van der Waals surface area contributed by atoms with Crippen molar-refractivity contribution in [3.05, 3.63) is 59.4 Å². The summed E-state index contributed by atoms with van der Waals surface area (Å²) < 4.78 is 27.5. The van der Waals surface area contributed by atoms with Crippen molar-refractivity contribution in [3.63, 3.8) is 0 Å². The number of pyridine rings is 1. The monoisotopic (exact) mass is 316 g/mol. The Bertz CT molecular complexity index is 770. The molecular formula is C17H20N2O2S. The fraction of sp³-hybridized carbons (Fsp3) is 0.353. The van der Waals surface area contributed by atoms with E-state index < -0.39 is 10.0 Å². The minimum absolute atomic E-state index is 0.160. The highest BCUT2D eigenvalue weighted by molar-refractivity contribution is 7.89. The van der Waals surface area contributed by atoms with Gasteiger partial charge in [-0.05, 0) is 50.5 Å². The van der Waals surface area contributed by atoms with Gasteiger partial charge in [0, 0.05) is 12.7 Å². The summed E-state index contributed by atoms with van der Waals surface area (Å²) in [6.07, 6.45) is 3.42. The zero-order valence-electron chi connectivity index (χ0n) is 12.9.